The Morgan fingerprint density at radius 2 is 1.73 bits per heavy atom. The van der Waals surface area contributed by atoms with E-state index in [9.17, 15) is 18.0 Å². The molecule has 1 aromatic heterocycles. The second-order valence-corrected chi connectivity index (χ2v) is 12.7. The van der Waals surface area contributed by atoms with Crippen molar-refractivity contribution in [3.05, 3.63) is 75.7 Å². The molecule has 194 valence electrons. The number of rotatable bonds is 5. The van der Waals surface area contributed by atoms with Gasteiger partial charge in [-0.2, -0.15) is 0 Å². The van der Waals surface area contributed by atoms with E-state index < -0.39 is 10.0 Å². The van der Waals surface area contributed by atoms with E-state index in [1.165, 1.54) is 44.8 Å². The Balaban J connectivity index is 1.40. The van der Waals surface area contributed by atoms with Crippen molar-refractivity contribution in [1.82, 2.24) is 9.80 Å². The fourth-order valence-corrected chi connectivity index (χ4v) is 7.75. The van der Waals surface area contributed by atoms with Crippen molar-refractivity contribution >= 4 is 43.9 Å². The minimum Gasteiger partial charge on any atom is -0.345 e. The summed E-state index contributed by atoms with van der Waals surface area (Å²) < 4.78 is 28.3. The molecule has 0 aliphatic carbocycles. The molecule has 5 rings (SSSR count). The molecule has 3 heterocycles. The maximum absolute atomic E-state index is 13.4. The molecule has 3 aromatic rings. The number of anilines is 2. The SMILES string of the molecule is CN1CCc2c(sc(NC(=O)c3ccc(S(=O)(=O)N4CCCc5ccccc54)cc3)c2C(=O)N(C)C)C1. The number of nitrogens with zero attached hydrogens (tertiary/aromatic N) is 3. The molecule has 8 nitrogen and oxygen atoms in total. The van der Waals surface area contributed by atoms with Crippen LogP contribution >= 0.6 is 11.3 Å². The van der Waals surface area contributed by atoms with E-state index in [0.717, 1.165) is 48.4 Å². The van der Waals surface area contributed by atoms with Gasteiger partial charge in [-0.3, -0.25) is 13.9 Å². The monoisotopic (exact) mass is 538 g/mol. The molecule has 2 amide bonds. The van der Waals surface area contributed by atoms with Crippen molar-refractivity contribution in [2.45, 2.75) is 30.7 Å². The molecule has 2 aromatic carbocycles. The number of thiophene rings is 1. The van der Waals surface area contributed by atoms with Crippen LogP contribution in [0.5, 0.6) is 0 Å². The maximum Gasteiger partial charge on any atom is 0.264 e. The first-order valence-electron chi connectivity index (χ1n) is 12.2. The number of benzene rings is 2. The highest BCUT2D eigenvalue weighted by atomic mass is 32.2. The van der Waals surface area contributed by atoms with Gasteiger partial charge in [0.2, 0.25) is 0 Å². The molecule has 0 bridgehead atoms. The Kier molecular flexibility index (Phi) is 6.82. The second kappa shape index (κ2) is 9.92. The van der Waals surface area contributed by atoms with E-state index >= 15 is 0 Å². The van der Waals surface area contributed by atoms with Crippen molar-refractivity contribution in [3.8, 4) is 0 Å². The van der Waals surface area contributed by atoms with Crippen molar-refractivity contribution in [3.63, 3.8) is 0 Å². The zero-order valence-corrected chi connectivity index (χ0v) is 22.8. The van der Waals surface area contributed by atoms with Gasteiger partial charge < -0.3 is 15.1 Å². The summed E-state index contributed by atoms with van der Waals surface area (Å²) in [6, 6.07) is 13.5. The summed E-state index contributed by atoms with van der Waals surface area (Å²) in [6.07, 6.45) is 2.35. The van der Waals surface area contributed by atoms with Crippen LogP contribution in [0.2, 0.25) is 0 Å². The first-order valence-corrected chi connectivity index (χ1v) is 14.5. The molecule has 1 N–H and O–H groups in total. The summed E-state index contributed by atoms with van der Waals surface area (Å²) in [7, 11) is 1.67. The number of hydrogen-bond acceptors (Lipinski definition) is 6. The van der Waals surface area contributed by atoms with Crippen LogP contribution in [-0.2, 0) is 29.4 Å². The molecule has 0 fully saturated rings. The number of carbonyl (C=O) groups is 2. The van der Waals surface area contributed by atoms with E-state index in [1.807, 2.05) is 31.3 Å². The van der Waals surface area contributed by atoms with Crippen LogP contribution in [0.15, 0.2) is 53.4 Å². The highest BCUT2D eigenvalue weighted by Crippen LogP contribution is 2.38. The third-order valence-corrected chi connectivity index (χ3v) is 9.83. The van der Waals surface area contributed by atoms with Crippen LogP contribution in [0.25, 0.3) is 0 Å². The van der Waals surface area contributed by atoms with Gasteiger partial charge in [-0.15, -0.1) is 11.3 Å². The number of hydrogen-bond donors (Lipinski definition) is 1. The standard InChI is InChI=1S/C27H30N4O4S2/c1-29(2)27(33)24-21-14-16-30(3)17-23(21)36-26(24)28-25(32)19-10-12-20(13-11-19)37(34,35)31-15-6-8-18-7-4-5-9-22(18)31/h4-5,7,9-13H,6,8,14-17H2,1-3H3,(H,28,32). The van der Waals surface area contributed by atoms with Gasteiger partial charge in [0, 0.05) is 44.2 Å². The van der Waals surface area contributed by atoms with E-state index in [-0.39, 0.29) is 16.7 Å². The summed E-state index contributed by atoms with van der Waals surface area (Å²) in [5.74, 6) is -0.521. The van der Waals surface area contributed by atoms with Crippen LogP contribution in [0.3, 0.4) is 0 Å². The lowest BCUT2D eigenvalue weighted by atomic mass is 10.0. The Hall–Kier alpha value is -3.21. The smallest absolute Gasteiger partial charge is 0.264 e. The molecule has 0 atom stereocenters. The summed E-state index contributed by atoms with van der Waals surface area (Å²) in [5, 5.41) is 3.46. The predicted octanol–water partition coefficient (Wildman–Crippen LogP) is 3.83. The molecule has 37 heavy (non-hydrogen) atoms. The number of fused-ring (bicyclic) bond motifs is 2. The van der Waals surface area contributed by atoms with Gasteiger partial charge in [-0.1, -0.05) is 18.2 Å². The summed E-state index contributed by atoms with van der Waals surface area (Å²) in [5.41, 5.74) is 3.60. The number of nitrogens with one attached hydrogen (secondary N) is 1. The van der Waals surface area contributed by atoms with E-state index in [4.69, 9.17) is 0 Å². The highest BCUT2D eigenvalue weighted by molar-refractivity contribution is 7.92. The first kappa shape index (κ1) is 25.4. The van der Waals surface area contributed by atoms with Crippen LogP contribution < -0.4 is 9.62 Å². The van der Waals surface area contributed by atoms with E-state index in [0.29, 0.717) is 28.4 Å². The number of carbonyl (C=O) groups excluding carboxylic acids is 2. The van der Waals surface area contributed by atoms with Crippen molar-refractivity contribution in [2.24, 2.45) is 0 Å². The summed E-state index contributed by atoms with van der Waals surface area (Å²) in [4.78, 5) is 31.1. The summed E-state index contributed by atoms with van der Waals surface area (Å²) >= 11 is 1.43. The third kappa shape index (κ3) is 4.76. The lowest BCUT2D eigenvalue weighted by molar-refractivity contribution is 0.0827. The first-order chi connectivity index (χ1) is 17.7. The summed E-state index contributed by atoms with van der Waals surface area (Å²) in [6.45, 7) is 2.00. The number of amides is 2. The molecule has 0 radical (unpaired) electrons. The Morgan fingerprint density at radius 1 is 1.00 bits per heavy atom. The van der Waals surface area contributed by atoms with E-state index in [1.54, 1.807) is 14.1 Å². The predicted molar refractivity (Wildman–Crippen MR) is 146 cm³/mol. The lowest BCUT2D eigenvalue weighted by Crippen LogP contribution is -2.35. The second-order valence-electron chi connectivity index (χ2n) is 9.68. The van der Waals surface area contributed by atoms with Crippen molar-refractivity contribution in [1.29, 1.82) is 0 Å². The highest BCUT2D eigenvalue weighted by Gasteiger charge is 2.30. The average Bonchev–Trinajstić information content (AvgIpc) is 3.24. The van der Waals surface area contributed by atoms with Crippen LogP contribution in [0.4, 0.5) is 10.7 Å². The quantitative estimate of drug-likeness (QED) is 0.533. The van der Waals surface area contributed by atoms with Gasteiger partial charge >= 0.3 is 0 Å². The van der Waals surface area contributed by atoms with Crippen molar-refractivity contribution in [2.75, 3.05) is 43.9 Å². The van der Waals surface area contributed by atoms with Gasteiger partial charge in [0.15, 0.2) is 0 Å². The minimum absolute atomic E-state index is 0.138. The number of aryl methyl sites for hydroxylation is 1. The molecule has 0 saturated heterocycles. The van der Waals surface area contributed by atoms with Crippen LogP contribution in [0.1, 0.15) is 43.1 Å². The third-order valence-electron chi connectivity index (χ3n) is 6.87. The molecule has 2 aliphatic heterocycles. The molecule has 2 aliphatic rings. The van der Waals surface area contributed by atoms with Gasteiger partial charge in [0.25, 0.3) is 21.8 Å². The van der Waals surface area contributed by atoms with Gasteiger partial charge in [-0.05, 0) is 67.8 Å². The number of para-hydroxylation sites is 1. The average molecular weight is 539 g/mol. The molecule has 0 saturated carbocycles. The number of sulfonamides is 1. The molecule has 10 heteroatoms. The lowest BCUT2D eigenvalue weighted by Gasteiger charge is -2.30. The Bertz CT molecular complexity index is 1460. The van der Waals surface area contributed by atoms with Gasteiger partial charge in [0.05, 0.1) is 16.1 Å². The Morgan fingerprint density at radius 3 is 2.46 bits per heavy atom. The number of likely N-dealkylation sites (N-methyl/N-ethyl adjacent to an activating group) is 1. The molecule has 0 unspecified atom stereocenters. The van der Waals surface area contributed by atoms with Crippen LogP contribution in [-0.4, -0.2) is 64.3 Å². The fraction of sp³-hybridized carbons (Fsp3) is 0.333. The molecular weight excluding hydrogens is 508 g/mol. The topological polar surface area (TPSA) is 90.0 Å². The van der Waals surface area contributed by atoms with Crippen LogP contribution in [0, 0.1) is 0 Å². The minimum atomic E-state index is -3.76. The van der Waals surface area contributed by atoms with E-state index in [2.05, 4.69) is 10.2 Å². The largest absolute Gasteiger partial charge is 0.345 e. The molecule has 0 spiro atoms. The maximum atomic E-state index is 13.4. The fourth-order valence-electron chi connectivity index (χ4n) is 4.90. The van der Waals surface area contributed by atoms with Gasteiger partial charge in [-0.25, -0.2) is 8.42 Å². The zero-order chi connectivity index (χ0) is 26.3. The normalized spacial score (nSPS) is 15.6. The van der Waals surface area contributed by atoms with Crippen molar-refractivity contribution < 1.29 is 18.0 Å². The Labute approximate surface area is 221 Å². The molecular formula is C27H30N4O4S2. The van der Waals surface area contributed by atoms with Gasteiger partial charge in [0.1, 0.15) is 5.00 Å². The zero-order valence-electron chi connectivity index (χ0n) is 21.2.